The highest BCUT2D eigenvalue weighted by Gasteiger charge is 2.24. The predicted octanol–water partition coefficient (Wildman–Crippen LogP) is 3.07. The lowest BCUT2D eigenvalue weighted by molar-refractivity contribution is -0.126. The summed E-state index contributed by atoms with van der Waals surface area (Å²) < 4.78 is 5.39. The first-order valence-corrected chi connectivity index (χ1v) is 7.81. The molecule has 0 saturated carbocycles. The molecule has 0 saturated heterocycles. The second-order valence-electron chi connectivity index (χ2n) is 5.14. The fraction of sp³-hybridized carbons (Fsp3) is 0.263. The van der Waals surface area contributed by atoms with E-state index in [4.69, 9.17) is 10.00 Å². The molecule has 0 spiro atoms. The summed E-state index contributed by atoms with van der Waals surface area (Å²) in [5.74, 6) is 0.248. The van der Waals surface area contributed by atoms with E-state index in [2.05, 4.69) is 0 Å². The van der Waals surface area contributed by atoms with E-state index < -0.39 is 12.0 Å². The molecule has 2 rings (SSSR count). The van der Waals surface area contributed by atoms with Crippen molar-refractivity contribution < 1.29 is 14.6 Å². The Kier molecular flexibility index (Phi) is 6.35. The fourth-order valence-corrected chi connectivity index (χ4v) is 2.34. The molecule has 0 aliphatic rings. The van der Waals surface area contributed by atoms with E-state index in [1.54, 1.807) is 48.5 Å². The lowest BCUT2D eigenvalue weighted by Crippen LogP contribution is -2.36. The van der Waals surface area contributed by atoms with Crippen LogP contribution in [0.4, 0.5) is 5.69 Å². The standard InChI is InChI=1S/C19H20N2O3/c1-2-24-17-11-9-16(10-12-17)21(14-6-13-20)19(23)18(22)15-7-4-3-5-8-15/h3-5,7-12,18,22H,2,6,14H2,1H3. The summed E-state index contributed by atoms with van der Waals surface area (Å²) in [6.07, 6.45) is -1.09. The normalized spacial score (nSPS) is 11.4. The number of aliphatic hydroxyl groups excluding tert-OH is 1. The predicted molar refractivity (Wildman–Crippen MR) is 91.6 cm³/mol. The van der Waals surface area contributed by atoms with Gasteiger partial charge in [-0.3, -0.25) is 4.79 Å². The number of nitrogens with zero attached hydrogens (tertiary/aromatic N) is 2. The van der Waals surface area contributed by atoms with Crippen LogP contribution in [0.1, 0.15) is 25.0 Å². The number of benzene rings is 2. The van der Waals surface area contributed by atoms with Crippen LogP contribution in [0.3, 0.4) is 0 Å². The van der Waals surface area contributed by atoms with E-state index in [1.165, 1.54) is 4.90 Å². The highest BCUT2D eigenvalue weighted by atomic mass is 16.5. The molecule has 0 aliphatic heterocycles. The van der Waals surface area contributed by atoms with E-state index in [-0.39, 0.29) is 13.0 Å². The third-order valence-corrected chi connectivity index (χ3v) is 3.52. The Morgan fingerprint density at radius 2 is 1.88 bits per heavy atom. The van der Waals surface area contributed by atoms with Gasteiger partial charge in [-0.25, -0.2) is 0 Å². The summed E-state index contributed by atoms with van der Waals surface area (Å²) in [5.41, 5.74) is 1.14. The minimum Gasteiger partial charge on any atom is -0.494 e. The average molecular weight is 324 g/mol. The number of hydrogen-bond acceptors (Lipinski definition) is 4. The molecule has 24 heavy (non-hydrogen) atoms. The molecule has 0 heterocycles. The van der Waals surface area contributed by atoms with Gasteiger partial charge in [-0.05, 0) is 36.8 Å². The molecular formula is C19H20N2O3. The van der Waals surface area contributed by atoms with Crippen molar-refractivity contribution in [2.45, 2.75) is 19.4 Å². The molecule has 5 heteroatoms. The van der Waals surface area contributed by atoms with Crippen molar-refractivity contribution in [3.05, 3.63) is 60.2 Å². The Morgan fingerprint density at radius 1 is 1.21 bits per heavy atom. The van der Waals surface area contributed by atoms with Gasteiger partial charge in [0.05, 0.1) is 19.1 Å². The van der Waals surface area contributed by atoms with E-state index >= 15 is 0 Å². The molecular weight excluding hydrogens is 304 g/mol. The largest absolute Gasteiger partial charge is 0.494 e. The Hall–Kier alpha value is -2.84. The summed E-state index contributed by atoms with van der Waals surface area (Å²) in [5, 5.41) is 19.2. The molecule has 1 atom stereocenters. The summed E-state index contributed by atoms with van der Waals surface area (Å²) >= 11 is 0. The first kappa shape index (κ1) is 17.5. The zero-order valence-electron chi connectivity index (χ0n) is 13.6. The number of aliphatic hydroxyl groups is 1. The van der Waals surface area contributed by atoms with Gasteiger partial charge in [0, 0.05) is 12.2 Å². The lowest BCUT2D eigenvalue weighted by atomic mass is 10.1. The number of carbonyl (C=O) groups is 1. The number of anilines is 1. The smallest absolute Gasteiger partial charge is 0.260 e. The summed E-state index contributed by atoms with van der Waals surface area (Å²) in [6.45, 7) is 2.67. The van der Waals surface area contributed by atoms with Crippen molar-refractivity contribution in [3.63, 3.8) is 0 Å². The van der Waals surface area contributed by atoms with Crippen LogP contribution < -0.4 is 9.64 Å². The third-order valence-electron chi connectivity index (χ3n) is 3.52. The van der Waals surface area contributed by atoms with Gasteiger partial charge in [-0.1, -0.05) is 30.3 Å². The van der Waals surface area contributed by atoms with Crippen molar-refractivity contribution in [2.75, 3.05) is 18.1 Å². The van der Waals surface area contributed by atoms with Crippen molar-refractivity contribution in [1.82, 2.24) is 0 Å². The molecule has 1 N–H and O–H groups in total. The third kappa shape index (κ3) is 4.34. The van der Waals surface area contributed by atoms with Crippen LogP contribution in [0.25, 0.3) is 0 Å². The minimum atomic E-state index is -1.27. The number of nitriles is 1. The van der Waals surface area contributed by atoms with Gasteiger partial charge in [0.15, 0.2) is 6.10 Å². The molecule has 0 radical (unpaired) electrons. The molecule has 2 aromatic rings. The second-order valence-corrected chi connectivity index (χ2v) is 5.14. The van der Waals surface area contributed by atoms with Gasteiger partial charge in [0.1, 0.15) is 5.75 Å². The SMILES string of the molecule is CCOc1ccc(N(CCC#N)C(=O)C(O)c2ccccc2)cc1. The second kappa shape index (κ2) is 8.70. The van der Waals surface area contributed by atoms with Crippen LogP contribution in [0.2, 0.25) is 0 Å². The highest BCUT2D eigenvalue weighted by molar-refractivity contribution is 5.97. The maximum Gasteiger partial charge on any atom is 0.260 e. The Morgan fingerprint density at radius 3 is 2.46 bits per heavy atom. The van der Waals surface area contributed by atoms with Crippen LogP contribution in [0.5, 0.6) is 5.75 Å². The van der Waals surface area contributed by atoms with Crippen molar-refractivity contribution in [1.29, 1.82) is 5.26 Å². The summed E-state index contributed by atoms with van der Waals surface area (Å²) in [4.78, 5) is 14.1. The number of hydrogen-bond donors (Lipinski definition) is 1. The molecule has 0 aliphatic carbocycles. The minimum absolute atomic E-state index is 0.181. The van der Waals surface area contributed by atoms with E-state index in [1.807, 2.05) is 19.1 Å². The zero-order chi connectivity index (χ0) is 17.4. The Balaban J connectivity index is 2.23. The molecule has 0 aromatic heterocycles. The van der Waals surface area contributed by atoms with Crippen LogP contribution in [-0.4, -0.2) is 24.2 Å². The van der Waals surface area contributed by atoms with Crippen molar-refractivity contribution in [2.24, 2.45) is 0 Å². The van der Waals surface area contributed by atoms with Gasteiger partial charge < -0.3 is 14.7 Å². The van der Waals surface area contributed by atoms with Crippen LogP contribution in [-0.2, 0) is 4.79 Å². The number of rotatable bonds is 7. The number of carbonyl (C=O) groups excluding carboxylic acids is 1. The fourth-order valence-electron chi connectivity index (χ4n) is 2.34. The monoisotopic (exact) mass is 324 g/mol. The molecule has 2 aromatic carbocycles. The Bertz CT molecular complexity index is 693. The van der Waals surface area contributed by atoms with Crippen molar-refractivity contribution >= 4 is 11.6 Å². The molecule has 0 bridgehead atoms. The van der Waals surface area contributed by atoms with Crippen molar-refractivity contribution in [3.8, 4) is 11.8 Å². The first-order chi connectivity index (χ1) is 11.7. The van der Waals surface area contributed by atoms with Gasteiger partial charge in [0.2, 0.25) is 0 Å². The maximum atomic E-state index is 12.7. The van der Waals surface area contributed by atoms with Gasteiger partial charge >= 0.3 is 0 Å². The van der Waals surface area contributed by atoms with Crippen LogP contribution in [0.15, 0.2) is 54.6 Å². The van der Waals surface area contributed by atoms with E-state index in [0.717, 1.165) is 0 Å². The maximum absolute atomic E-state index is 12.7. The zero-order valence-corrected chi connectivity index (χ0v) is 13.6. The molecule has 1 amide bonds. The number of ether oxygens (including phenoxy) is 1. The molecule has 1 unspecified atom stereocenters. The van der Waals surface area contributed by atoms with Gasteiger partial charge in [0.25, 0.3) is 5.91 Å². The molecule has 5 nitrogen and oxygen atoms in total. The average Bonchev–Trinajstić information content (AvgIpc) is 2.63. The van der Waals surface area contributed by atoms with Crippen LogP contribution in [0, 0.1) is 11.3 Å². The highest BCUT2D eigenvalue weighted by Crippen LogP contribution is 2.24. The van der Waals surface area contributed by atoms with Gasteiger partial charge in [-0.15, -0.1) is 0 Å². The lowest BCUT2D eigenvalue weighted by Gasteiger charge is -2.25. The van der Waals surface area contributed by atoms with E-state index in [9.17, 15) is 9.90 Å². The Labute approximate surface area is 141 Å². The molecule has 124 valence electrons. The first-order valence-electron chi connectivity index (χ1n) is 7.81. The molecule has 0 fully saturated rings. The van der Waals surface area contributed by atoms with E-state index in [0.29, 0.717) is 23.6 Å². The van der Waals surface area contributed by atoms with Crippen LogP contribution >= 0.6 is 0 Å². The topological polar surface area (TPSA) is 73.6 Å². The summed E-state index contributed by atoms with van der Waals surface area (Å²) in [7, 11) is 0. The quantitative estimate of drug-likeness (QED) is 0.849. The number of amides is 1. The van der Waals surface area contributed by atoms with Gasteiger partial charge in [-0.2, -0.15) is 5.26 Å². The summed E-state index contributed by atoms with van der Waals surface area (Å²) in [6, 6.07) is 17.8.